The SMILES string of the molecule is NC1CCC(CNCCCC2CC2)C1. The van der Waals surface area contributed by atoms with Gasteiger partial charge in [-0.05, 0) is 57.0 Å². The molecule has 2 rings (SSSR count). The Balaban J connectivity index is 1.42. The fourth-order valence-corrected chi connectivity index (χ4v) is 2.53. The molecule has 0 amide bonds. The summed E-state index contributed by atoms with van der Waals surface area (Å²) < 4.78 is 0. The summed E-state index contributed by atoms with van der Waals surface area (Å²) in [4.78, 5) is 0. The van der Waals surface area contributed by atoms with Gasteiger partial charge in [0.15, 0.2) is 0 Å². The minimum absolute atomic E-state index is 0.494. The number of hydrogen-bond donors (Lipinski definition) is 2. The highest BCUT2D eigenvalue weighted by Crippen LogP contribution is 2.33. The highest BCUT2D eigenvalue weighted by atomic mass is 14.9. The second-order valence-corrected chi connectivity index (χ2v) is 5.23. The van der Waals surface area contributed by atoms with Crippen LogP contribution in [0.5, 0.6) is 0 Å². The molecule has 2 aliphatic rings. The van der Waals surface area contributed by atoms with Gasteiger partial charge in [-0.25, -0.2) is 0 Å². The van der Waals surface area contributed by atoms with Gasteiger partial charge in [-0.15, -0.1) is 0 Å². The summed E-state index contributed by atoms with van der Waals surface area (Å²) in [5, 5.41) is 3.58. The fourth-order valence-electron chi connectivity index (χ4n) is 2.53. The van der Waals surface area contributed by atoms with Crippen LogP contribution in [0, 0.1) is 11.8 Å². The summed E-state index contributed by atoms with van der Waals surface area (Å²) in [6.07, 6.45) is 9.66. The van der Waals surface area contributed by atoms with Crippen molar-refractivity contribution in [3.8, 4) is 0 Å². The predicted molar refractivity (Wildman–Crippen MR) is 60.1 cm³/mol. The van der Waals surface area contributed by atoms with Gasteiger partial charge in [0.2, 0.25) is 0 Å². The molecule has 2 aliphatic carbocycles. The molecule has 2 unspecified atom stereocenters. The molecule has 0 saturated heterocycles. The molecule has 82 valence electrons. The zero-order valence-corrected chi connectivity index (χ0v) is 9.17. The highest BCUT2D eigenvalue weighted by Gasteiger charge is 2.22. The molecule has 0 bridgehead atoms. The smallest absolute Gasteiger partial charge is 0.00420 e. The Kier molecular flexibility index (Phi) is 3.82. The Hall–Kier alpha value is -0.0800. The molecular formula is C12H24N2. The third-order valence-electron chi connectivity index (χ3n) is 3.68. The fraction of sp³-hybridized carbons (Fsp3) is 1.00. The monoisotopic (exact) mass is 196 g/mol. The lowest BCUT2D eigenvalue weighted by atomic mass is 10.1. The zero-order valence-electron chi connectivity index (χ0n) is 9.17. The lowest BCUT2D eigenvalue weighted by Gasteiger charge is -2.10. The summed E-state index contributed by atoms with van der Waals surface area (Å²) in [5.41, 5.74) is 5.88. The van der Waals surface area contributed by atoms with Crippen molar-refractivity contribution in [3.05, 3.63) is 0 Å². The lowest BCUT2D eigenvalue weighted by Crippen LogP contribution is -2.24. The van der Waals surface area contributed by atoms with E-state index < -0.39 is 0 Å². The van der Waals surface area contributed by atoms with Crippen molar-refractivity contribution < 1.29 is 0 Å². The first-order chi connectivity index (χ1) is 6.84. The Morgan fingerprint density at radius 1 is 1.07 bits per heavy atom. The first-order valence-corrected chi connectivity index (χ1v) is 6.31. The van der Waals surface area contributed by atoms with Gasteiger partial charge in [0.05, 0.1) is 0 Å². The minimum Gasteiger partial charge on any atom is -0.328 e. The number of nitrogens with one attached hydrogen (secondary N) is 1. The van der Waals surface area contributed by atoms with Crippen molar-refractivity contribution in [1.29, 1.82) is 0 Å². The summed E-state index contributed by atoms with van der Waals surface area (Å²) in [6.45, 7) is 2.43. The molecular weight excluding hydrogens is 172 g/mol. The maximum Gasteiger partial charge on any atom is 0.00420 e. The summed E-state index contributed by atoms with van der Waals surface area (Å²) in [7, 11) is 0. The highest BCUT2D eigenvalue weighted by molar-refractivity contribution is 4.79. The largest absolute Gasteiger partial charge is 0.328 e. The molecule has 0 aromatic carbocycles. The molecule has 0 aromatic heterocycles. The second-order valence-electron chi connectivity index (χ2n) is 5.23. The van der Waals surface area contributed by atoms with E-state index in [-0.39, 0.29) is 0 Å². The van der Waals surface area contributed by atoms with Crippen molar-refractivity contribution in [2.45, 2.75) is 51.0 Å². The number of hydrogen-bond acceptors (Lipinski definition) is 2. The Morgan fingerprint density at radius 2 is 1.86 bits per heavy atom. The van der Waals surface area contributed by atoms with Gasteiger partial charge < -0.3 is 11.1 Å². The molecule has 0 aliphatic heterocycles. The molecule has 3 N–H and O–H groups in total. The van der Waals surface area contributed by atoms with Crippen LogP contribution >= 0.6 is 0 Å². The van der Waals surface area contributed by atoms with E-state index in [2.05, 4.69) is 5.32 Å². The maximum absolute atomic E-state index is 5.88. The van der Waals surface area contributed by atoms with Gasteiger partial charge in [0, 0.05) is 6.04 Å². The quantitative estimate of drug-likeness (QED) is 0.637. The normalized spacial score (nSPS) is 32.4. The molecule has 2 nitrogen and oxygen atoms in total. The van der Waals surface area contributed by atoms with Gasteiger partial charge in [0.1, 0.15) is 0 Å². The van der Waals surface area contributed by atoms with Crippen molar-refractivity contribution in [3.63, 3.8) is 0 Å². The van der Waals surface area contributed by atoms with Crippen LogP contribution in [-0.4, -0.2) is 19.1 Å². The summed E-state index contributed by atoms with van der Waals surface area (Å²) in [5.74, 6) is 1.96. The van der Waals surface area contributed by atoms with E-state index in [0.29, 0.717) is 6.04 Å². The van der Waals surface area contributed by atoms with E-state index in [0.717, 1.165) is 11.8 Å². The van der Waals surface area contributed by atoms with E-state index in [1.54, 1.807) is 0 Å². The van der Waals surface area contributed by atoms with Crippen LogP contribution < -0.4 is 11.1 Å². The van der Waals surface area contributed by atoms with Crippen LogP contribution in [0.25, 0.3) is 0 Å². The van der Waals surface area contributed by atoms with Crippen molar-refractivity contribution in [1.82, 2.24) is 5.32 Å². The minimum atomic E-state index is 0.494. The van der Waals surface area contributed by atoms with Crippen LogP contribution in [0.3, 0.4) is 0 Å². The van der Waals surface area contributed by atoms with Crippen molar-refractivity contribution >= 4 is 0 Å². The molecule has 2 atom stereocenters. The number of nitrogens with two attached hydrogens (primary N) is 1. The van der Waals surface area contributed by atoms with Crippen LogP contribution in [0.1, 0.15) is 44.9 Å². The van der Waals surface area contributed by atoms with Gasteiger partial charge in [0.25, 0.3) is 0 Å². The van der Waals surface area contributed by atoms with Gasteiger partial charge in [-0.1, -0.05) is 12.8 Å². The van der Waals surface area contributed by atoms with E-state index in [1.807, 2.05) is 0 Å². The van der Waals surface area contributed by atoms with Crippen molar-refractivity contribution in [2.24, 2.45) is 17.6 Å². The standard InChI is InChI=1S/C12H24N2/c13-12-6-5-11(8-12)9-14-7-1-2-10-3-4-10/h10-12,14H,1-9,13H2. The topological polar surface area (TPSA) is 38.0 Å². The molecule has 0 heterocycles. The van der Waals surface area contributed by atoms with Gasteiger partial charge in [-0.2, -0.15) is 0 Å². The predicted octanol–water partition coefficient (Wildman–Crippen LogP) is 1.89. The van der Waals surface area contributed by atoms with Gasteiger partial charge in [-0.3, -0.25) is 0 Å². The summed E-state index contributed by atoms with van der Waals surface area (Å²) in [6, 6.07) is 0.494. The molecule has 0 spiro atoms. The van der Waals surface area contributed by atoms with Crippen LogP contribution in [0.4, 0.5) is 0 Å². The summed E-state index contributed by atoms with van der Waals surface area (Å²) >= 11 is 0. The molecule has 2 saturated carbocycles. The Labute approximate surface area is 87.6 Å². The Morgan fingerprint density at radius 3 is 2.50 bits per heavy atom. The van der Waals surface area contributed by atoms with Crippen LogP contribution in [0.15, 0.2) is 0 Å². The zero-order chi connectivity index (χ0) is 9.80. The molecule has 14 heavy (non-hydrogen) atoms. The van der Waals surface area contributed by atoms with Crippen LogP contribution in [0.2, 0.25) is 0 Å². The average molecular weight is 196 g/mol. The molecule has 0 radical (unpaired) electrons. The first kappa shape index (κ1) is 10.4. The lowest BCUT2D eigenvalue weighted by molar-refractivity contribution is 0.472. The first-order valence-electron chi connectivity index (χ1n) is 6.31. The van der Waals surface area contributed by atoms with E-state index in [9.17, 15) is 0 Å². The van der Waals surface area contributed by atoms with E-state index >= 15 is 0 Å². The van der Waals surface area contributed by atoms with E-state index in [1.165, 1.54) is 58.0 Å². The number of rotatable bonds is 6. The maximum atomic E-state index is 5.88. The molecule has 2 heteroatoms. The van der Waals surface area contributed by atoms with Crippen LogP contribution in [-0.2, 0) is 0 Å². The van der Waals surface area contributed by atoms with Crippen molar-refractivity contribution in [2.75, 3.05) is 13.1 Å². The average Bonchev–Trinajstić information content (AvgIpc) is 2.89. The Bertz CT molecular complexity index is 166. The second kappa shape index (κ2) is 5.13. The van der Waals surface area contributed by atoms with E-state index in [4.69, 9.17) is 5.73 Å². The molecule has 2 fully saturated rings. The third kappa shape index (κ3) is 3.58. The van der Waals surface area contributed by atoms with Gasteiger partial charge >= 0.3 is 0 Å². The third-order valence-corrected chi connectivity index (χ3v) is 3.68. The molecule has 0 aromatic rings.